The molecular weight excluding hydrogens is 322 g/mol. The van der Waals surface area contributed by atoms with Crippen molar-refractivity contribution in [2.45, 2.75) is 46.6 Å². The minimum atomic E-state index is 0.111. The maximum atomic E-state index is 12.0. The van der Waals surface area contributed by atoms with Crippen LogP contribution in [-0.4, -0.2) is 16.1 Å². The normalized spacial score (nSPS) is 13.5. The van der Waals surface area contributed by atoms with E-state index < -0.39 is 0 Å². The van der Waals surface area contributed by atoms with E-state index in [1.807, 2.05) is 24.3 Å². The summed E-state index contributed by atoms with van der Waals surface area (Å²) in [6, 6.07) is 12.5. The quantitative estimate of drug-likeness (QED) is 0.750. The highest BCUT2D eigenvalue weighted by Crippen LogP contribution is 2.31. The number of aromatic nitrogens is 1. The highest BCUT2D eigenvalue weighted by atomic mass is 16.1. The van der Waals surface area contributed by atoms with Gasteiger partial charge in [0.25, 0.3) is 0 Å². The third kappa shape index (κ3) is 3.93. The first-order chi connectivity index (χ1) is 12.5. The van der Waals surface area contributed by atoms with Crippen molar-refractivity contribution in [3.05, 3.63) is 70.6 Å². The summed E-state index contributed by atoms with van der Waals surface area (Å²) in [7, 11) is 0. The summed E-state index contributed by atoms with van der Waals surface area (Å²) >= 11 is 0. The van der Waals surface area contributed by atoms with Crippen LogP contribution in [0.4, 0.5) is 0 Å². The van der Waals surface area contributed by atoms with E-state index in [1.165, 1.54) is 11.1 Å². The van der Waals surface area contributed by atoms with E-state index in [2.05, 4.69) is 35.8 Å². The van der Waals surface area contributed by atoms with Crippen LogP contribution < -0.4 is 0 Å². The van der Waals surface area contributed by atoms with Gasteiger partial charge in [-0.05, 0) is 56.9 Å². The van der Waals surface area contributed by atoms with Gasteiger partial charge < -0.3 is 9.36 Å². The van der Waals surface area contributed by atoms with Gasteiger partial charge >= 0.3 is 0 Å². The highest BCUT2D eigenvalue weighted by molar-refractivity contribution is 5.99. The molecule has 0 atom stereocenters. The van der Waals surface area contributed by atoms with Crippen molar-refractivity contribution in [1.82, 2.24) is 4.57 Å². The van der Waals surface area contributed by atoms with Crippen LogP contribution in [0.2, 0.25) is 0 Å². The molecule has 0 unspecified atom stereocenters. The number of Topliss-reactive ketones (excluding diaryl/α,β-unsaturated/α-hetero) is 2. The zero-order chi connectivity index (χ0) is 18.7. The lowest BCUT2D eigenvalue weighted by Gasteiger charge is -2.13. The second-order valence-corrected chi connectivity index (χ2v) is 7.03. The summed E-state index contributed by atoms with van der Waals surface area (Å²) in [6.45, 7) is 6.09. The van der Waals surface area contributed by atoms with E-state index in [-0.39, 0.29) is 11.6 Å². The van der Waals surface area contributed by atoms with Crippen molar-refractivity contribution in [3.8, 4) is 0 Å². The smallest absolute Gasteiger partial charge is 0.156 e. The Morgan fingerprint density at radius 3 is 2.50 bits per heavy atom. The van der Waals surface area contributed by atoms with E-state index in [9.17, 15) is 9.59 Å². The van der Waals surface area contributed by atoms with Crippen LogP contribution in [0.15, 0.2) is 48.0 Å². The third-order valence-corrected chi connectivity index (χ3v) is 4.96. The number of aryl methyl sites for hydroxylation is 1. The molecule has 0 aliphatic heterocycles. The Kier molecular flexibility index (Phi) is 5.36. The fourth-order valence-corrected chi connectivity index (χ4v) is 3.40. The van der Waals surface area contributed by atoms with Crippen molar-refractivity contribution in [1.29, 1.82) is 0 Å². The second-order valence-electron chi connectivity index (χ2n) is 7.03. The molecule has 0 saturated carbocycles. The monoisotopic (exact) mass is 347 g/mol. The van der Waals surface area contributed by atoms with Crippen LogP contribution in [0.3, 0.4) is 0 Å². The lowest BCUT2D eigenvalue weighted by Crippen LogP contribution is -2.08. The summed E-state index contributed by atoms with van der Waals surface area (Å²) in [4.78, 5) is 23.5. The number of hydrogen-bond acceptors (Lipinski definition) is 2. The van der Waals surface area contributed by atoms with Crippen LogP contribution in [0, 0.1) is 0 Å². The predicted octanol–water partition coefficient (Wildman–Crippen LogP) is 4.84. The summed E-state index contributed by atoms with van der Waals surface area (Å²) in [5.41, 5.74) is 6.60. The lowest BCUT2D eigenvalue weighted by atomic mass is 10.1. The van der Waals surface area contributed by atoms with E-state index in [0.717, 1.165) is 29.1 Å². The average Bonchev–Trinajstić information content (AvgIpc) is 2.85. The Labute approximate surface area is 155 Å². The van der Waals surface area contributed by atoms with Crippen LogP contribution in [0.5, 0.6) is 0 Å². The molecular formula is C23H25NO2. The molecule has 134 valence electrons. The van der Waals surface area contributed by atoms with Gasteiger partial charge in [0.05, 0.1) is 0 Å². The number of allylic oxidation sites excluding steroid dienone is 3. The molecule has 26 heavy (non-hydrogen) atoms. The zero-order valence-corrected chi connectivity index (χ0v) is 15.7. The fourth-order valence-electron chi connectivity index (χ4n) is 3.40. The second kappa shape index (κ2) is 7.69. The lowest BCUT2D eigenvalue weighted by molar-refractivity contribution is -0.117. The SMILES string of the molecule is CC(=O)CCc1cc2c(n1Cc1ccccc1)C=C(C(C)=O)CC=C2C. The highest BCUT2D eigenvalue weighted by Gasteiger charge is 2.19. The molecule has 0 bridgehead atoms. The maximum absolute atomic E-state index is 12.0. The number of carbonyl (C=O) groups excluding carboxylic acids is 2. The fraction of sp³-hybridized carbons (Fsp3) is 0.304. The first-order valence-electron chi connectivity index (χ1n) is 9.10. The number of hydrogen-bond donors (Lipinski definition) is 0. The summed E-state index contributed by atoms with van der Waals surface area (Å²) in [6.07, 6.45) is 6.07. The van der Waals surface area contributed by atoms with Crippen LogP contribution in [-0.2, 0) is 22.6 Å². The number of nitrogens with zero attached hydrogens (tertiary/aromatic N) is 1. The molecule has 0 radical (unpaired) electrons. The summed E-state index contributed by atoms with van der Waals surface area (Å²) in [5, 5.41) is 0. The van der Waals surface area contributed by atoms with Crippen molar-refractivity contribution < 1.29 is 9.59 Å². The van der Waals surface area contributed by atoms with Crippen LogP contribution in [0.1, 0.15) is 56.1 Å². The van der Waals surface area contributed by atoms with Gasteiger partial charge in [0.15, 0.2) is 5.78 Å². The topological polar surface area (TPSA) is 39.1 Å². The van der Waals surface area contributed by atoms with Crippen LogP contribution >= 0.6 is 0 Å². The number of fused-ring (bicyclic) bond motifs is 1. The molecule has 1 aliphatic carbocycles. The minimum Gasteiger partial charge on any atom is -0.340 e. The Balaban J connectivity index is 2.12. The van der Waals surface area contributed by atoms with Crippen molar-refractivity contribution in [2.24, 2.45) is 0 Å². The van der Waals surface area contributed by atoms with Crippen molar-refractivity contribution >= 4 is 23.2 Å². The zero-order valence-electron chi connectivity index (χ0n) is 15.7. The Hall–Kier alpha value is -2.68. The molecule has 3 heteroatoms. The summed E-state index contributed by atoms with van der Waals surface area (Å²) in [5.74, 6) is 0.305. The Bertz CT molecular complexity index is 898. The molecule has 0 fully saturated rings. The molecule has 3 nitrogen and oxygen atoms in total. The molecule has 0 N–H and O–H groups in total. The standard InChI is InChI=1S/C23H25NO2/c1-16-9-11-20(18(3)26)13-23-22(16)14-21(12-10-17(2)25)24(23)15-19-7-5-4-6-8-19/h4-9,13-14H,10-12,15H2,1-3H3. The molecule has 0 saturated heterocycles. The van der Waals surface area contributed by atoms with Gasteiger partial charge in [-0.15, -0.1) is 0 Å². The molecule has 0 spiro atoms. The van der Waals surface area contributed by atoms with E-state index in [4.69, 9.17) is 0 Å². The summed E-state index contributed by atoms with van der Waals surface area (Å²) < 4.78 is 2.26. The number of ketones is 2. The molecule has 2 aromatic rings. The van der Waals surface area contributed by atoms with Gasteiger partial charge in [-0.2, -0.15) is 0 Å². The molecule has 3 rings (SSSR count). The Morgan fingerprint density at radius 1 is 1.12 bits per heavy atom. The van der Waals surface area contributed by atoms with Gasteiger partial charge in [-0.3, -0.25) is 4.79 Å². The van der Waals surface area contributed by atoms with Crippen LogP contribution in [0.25, 0.3) is 11.6 Å². The van der Waals surface area contributed by atoms with Gasteiger partial charge in [0.2, 0.25) is 0 Å². The van der Waals surface area contributed by atoms with E-state index in [1.54, 1.807) is 13.8 Å². The largest absolute Gasteiger partial charge is 0.340 e. The number of benzene rings is 1. The van der Waals surface area contributed by atoms with E-state index in [0.29, 0.717) is 19.3 Å². The van der Waals surface area contributed by atoms with Gasteiger partial charge in [-0.25, -0.2) is 0 Å². The number of carbonyl (C=O) groups is 2. The van der Waals surface area contributed by atoms with Crippen molar-refractivity contribution in [2.75, 3.05) is 0 Å². The molecule has 1 heterocycles. The Morgan fingerprint density at radius 2 is 1.85 bits per heavy atom. The van der Waals surface area contributed by atoms with Crippen molar-refractivity contribution in [3.63, 3.8) is 0 Å². The molecule has 0 amide bonds. The molecule has 1 aromatic carbocycles. The maximum Gasteiger partial charge on any atom is 0.156 e. The molecule has 1 aliphatic rings. The van der Waals surface area contributed by atoms with Gasteiger partial charge in [0, 0.05) is 35.5 Å². The van der Waals surface area contributed by atoms with E-state index >= 15 is 0 Å². The first kappa shape index (κ1) is 18.1. The third-order valence-electron chi connectivity index (χ3n) is 4.96. The average molecular weight is 347 g/mol. The van der Waals surface area contributed by atoms with Gasteiger partial charge in [0.1, 0.15) is 5.78 Å². The van der Waals surface area contributed by atoms with Gasteiger partial charge in [-0.1, -0.05) is 36.4 Å². The predicted molar refractivity (Wildman–Crippen MR) is 106 cm³/mol. The molecule has 1 aromatic heterocycles. The first-order valence-corrected chi connectivity index (χ1v) is 9.10. The minimum absolute atomic E-state index is 0.111. The number of rotatable bonds is 6.